The second-order valence-corrected chi connectivity index (χ2v) is 6.71. The van der Waals surface area contributed by atoms with E-state index in [-0.39, 0.29) is 17.5 Å². The molecule has 1 aromatic carbocycles. The molecule has 0 spiro atoms. The molecular weight excluding hydrogens is 318 g/mol. The molecule has 0 bridgehead atoms. The van der Waals surface area contributed by atoms with E-state index in [1.54, 1.807) is 30.5 Å². The van der Waals surface area contributed by atoms with Gasteiger partial charge in [0.2, 0.25) is 5.91 Å². The first kappa shape index (κ1) is 17.3. The summed E-state index contributed by atoms with van der Waals surface area (Å²) in [6.45, 7) is 2.91. The van der Waals surface area contributed by atoms with Gasteiger partial charge < -0.3 is 14.4 Å². The summed E-state index contributed by atoms with van der Waals surface area (Å²) in [5.41, 5.74) is 0.966. The summed E-state index contributed by atoms with van der Waals surface area (Å²) in [6, 6.07) is 10.6. The molecular formula is C20H23NO4. The molecule has 0 aliphatic carbocycles. The maximum absolute atomic E-state index is 12.8. The van der Waals surface area contributed by atoms with Gasteiger partial charge in [0.15, 0.2) is 0 Å². The number of nitrogens with zero attached hydrogens (tertiary/aromatic N) is 1. The van der Waals surface area contributed by atoms with Crippen LogP contribution in [0.3, 0.4) is 0 Å². The third-order valence-electron chi connectivity index (χ3n) is 4.91. The highest BCUT2D eigenvalue weighted by Gasteiger charge is 2.32. The quantitative estimate of drug-likeness (QED) is 0.895. The highest BCUT2D eigenvalue weighted by Crippen LogP contribution is 2.34. The van der Waals surface area contributed by atoms with Crippen molar-refractivity contribution in [3.8, 4) is 0 Å². The van der Waals surface area contributed by atoms with Crippen LogP contribution in [0, 0.1) is 5.92 Å². The van der Waals surface area contributed by atoms with E-state index in [0.29, 0.717) is 30.9 Å². The third-order valence-corrected chi connectivity index (χ3v) is 4.91. The SMILES string of the molecule is CC1CCN(C(=O)CCc2ccccc2C(=O)O)C(c2ccco2)C1. The van der Waals surface area contributed by atoms with Crippen LogP contribution >= 0.6 is 0 Å². The fourth-order valence-corrected chi connectivity index (χ4v) is 3.52. The van der Waals surface area contributed by atoms with Crippen LogP contribution in [0.2, 0.25) is 0 Å². The van der Waals surface area contributed by atoms with Gasteiger partial charge in [-0.2, -0.15) is 0 Å². The molecule has 1 aliphatic rings. The first-order valence-electron chi connectivity index (χ1n) is 8.70. The van der Waals surface area contributed by atoms with E-state index in [0.717, 1.165) is 18.6 Å². The fraction of sp³-hybridized carbons (Fsp3) is 0.400. The van der Waals surface area contributed by atoms with E-state index in [2.05, 4.69) is 6.92 Å². The van der Waals surface area contributed by atoms with Gasteiger partial charge in [-0.1, -0.05) is 25.1 Å². The molecule has 1 aromatic heterocycles. The molecule has 5 nitrogen and oxygen atoms in total. The molecule has 3 rings (SSSR count). The van der Waals surface area contributed by atoms with Crippen LogP contribution in [-0.2, 0) is 11.2 Å². The first-order chi connectivity index (χ1) is 12.1. The largest absolute Gasteiger partial charge is 0.478 e. The number of benzene rings is 1. The van der Waals surface area contributed by atoms with Gasteiger partial charge in [0.05, 0.1) is 17.9 Å². The van der Waals surface area contributed by atoms with Gasteiger partial charge in [-0.3, -0.25) is 4.79 Å². The Kier molecular flexibility index (Phi) is 5.22. The molecule has 5 heteroatoms. The van der Waals surface area contributed by atoms with Crippen molar-refractivity contribution in [1.82, 2.24) is 4.90 Å². The Balaban J connectivity index is 1.71. The van der Waals surface area contributed by atoms with Crippen LogP contribution in [0.5, 0.6) is 0 Å². The lowest BCUT2D eigenvalue weighted by molar-refractivity contribution is -0.136. The lowest BCUT2D eigenvalue weighted by Crippen LogP contribution is -2.40. The number of amides is 1. The summed E-state index contributed by atoms with van der Waals surface area (Å²) < 4.78 is 5.54. The molecule has 2 heterocycles. The van der Waals surface area contributed by atoms with Gasteiger partial charge >= 0.3 is 5.97 Å². The van der Waals surface area contributed by atoms with E-state index in [1.165, 1.54) is 0 Å². The minimum Gasteiger partial charge on any atom is -0.478 e. The van der Waals surface area contributed by atoms with E-state index in [1.807, 2.05) is 17.0 Å². The number of likely N-dealkylation sites (tertiary alicyclic amines) is 1. The average molecular weight is 341 g/mol. The van der Waals surface area contributed by atoms with Crippen molar-refractivity contribution in [1.29, 1.82) is 0 Å². The molecule has 1 fully saturated rings. The van der Waals surface area contributed by atoms with Crippen molar-refractivity contribution in [3.63, 3.8) is 0 Å². The predicted molar refractivity (Wildman–Crippen MR) is 93.3 cm³/mol. The second-order valence-electron chi connectivity index (χ2n) is 6.71. The summed E-state index contributed by atoms with van der Waals surface area (Å²) in [6.07, 6.45) is 4.24. The minimum atomic E-state index is -0.955. The summed E-state index contributed by atoms with van der Waals surface area (Å²) in [5.74, 6) is 0.467. The van der Waals surface area contributed by atoms with Crippen molar-refractivity contribution in [2.75, 3.05) is 6.54 Å². The predicted octanol–water partition coefficient (Wildman–Crippen LogP) is 3.91. The Morgan fingerprint density at radius 1 is 1.24 bits per heavy atom. The average Bonchev–Trinajstić information content (AvgIpc) is 3.14. The Bertz CT molecular complexity index is 738. The maximum Gasteiger partial charge on any atom is 0.335 e. The molecule has 2 unspecified atom stereocenters. The number of carbonyl (C=O) groups is 2. The van der Waals surface area contributed by atoms with E-state index in [4.69, 9.17) is 4.42 Å². The topological polar surface area (TPSA) is 70.8 Å². The molecule has 132 valence electrons. The highest BCUT2D eigenvalue weighted by molar-refractivity contribution is 5.89. The smallest absolute Gasteiger partial charge is 0.335 e. The standard InChI is InChI=1S/C20H23NO4/c1-14-10-11-21(17(13-14)18-7-4-12-25-18)19(22)9-8-15-5-2-3-6-16(15)20(23)24/h2-7,12,14,17H,8-11,13H2,1H3,(H,23,24). The van der Waals surface area contributed by atoms with Crippen LogP contribution in [0.15, 0.2) is 47.1 Å². The van der Waals surface area contributed by atoms with E-state index >= 15 is 0 Å². The zero-order valence-corrected chi connectivity index (χ0v) is 14.4. The number of rotatable bonds is 5. The molecule has 1 saturated heterocycles. The molecule has 1 N–H and O–H groups in total. The second kappa shape index (κ2) is 7.55. The van der Waals surface area contributed by atoms with E-state index < -0.39 is 5.97 Å². The highest BCUT2D eigenvalue weighted by atomic mass is 16.4. The number of hydrogen-bond acceptors (Lipinski definition) is 3. The molecule has 1 amide bonds. The third kappa shape index (κ3) is 3.92. The normalized spacial score (nSPS) is 20.4. The van der Waals surface area contributed by atoms with Crippen molar-refractivity contribution in [3.05, 3.63) is 59.5 Å². The van der Waals surface area contributed by atoms with Crippen LogP contribution < -0.4 is 0 Å². The Morgan fingerprint density at radius 3 is 2.76 bits per heavy atom. The van der Waals surface area contributed by atoms with Crippen LogP contribution in [-0.4, -0.2) is 28.4 Å². The van der Waals surface area contributed by atoms with Gasteiger partial charge in [0, 0.05) is 13.0 Å². The van der Waals surface area contributed by atoms with Gasteiger partial charge in [-0.05, 0) is 48.9 Å². The van der Waals surface area contributed by atoms with Crippen molar-refractivity contribution in [2.45, 2.75) is 38.6 Å². The van der Waals surface area contributed by atoms with Gasteiger partial charge in [0.1, 0.15) is 5.76 Å². The van der Waals surface area contributed by atoms with E-state index in [9.17, 15) is 14.7 Å². The summed E-state index contributed by atoms with van der Waals surface area (Å²) in [7, 11) is 0. The number of furan rings is 1. The maximum atomic E-state index is 12.8. The molecule has 0 saturated carbocycles. The van der Waals surface area contributed by atoms with Crippen LogP contribution in [0.4, 0.5) is 0 Å². The molecule has 0 radical (unpaired) electrons. The summed E-state index contributed by atoms with van der Waals surface area (Å²) >= 11 is 0. The molecule has 1 aliphatic heterocycles. The van der Waals surface area contributed by atoms with Crippen molar-refractivity contribution in [2.24, 2.45) is 5.92 Å². The van der Waals surface area contributed by atoms with Gasteiger partial charge in [-0.25, -0.2) is 4.79 Å². The van der Waals surface area contributed by atoms with Crippen molar-refractivity contribution >= 4 is 11.9 Å². The Morgan fingerprint density at radius 2 is 2.04 bits per heavy atom. The number of carbonyl (C=O) groups excluding carboxylic acids is 1. The first-order valence-corrected chi connectivity index (χ1v) is 8.70. The molecule has 2 atom stereocenters. The number of carboxylic acid groups (broad SMARTS) is 1. The van der Waals surface area contributed by atoms with Crippen molar-refractivity contribution < 1.29 is 19.1 Å². The fourth-order valence-electron chi connectivity index (χ4n) is 3.52. The number of piperidine rings is 1. The Labute approximate surface area is 147 Å². The molecule has 2 aromatic rings. The summed E-state index contributed by atoms with van der Waals surface area (Å²) in [5, 5.41) is 9.27. The van der Waals surface area contributed by atoms with Crippen LogP contribution in [0.1, 0.15) is 53.9 Å². The summed E-state index contributed by atoms with van der Waals surface area (Å²) in [4.78, 5) is 26.0. The number of aryl methyl sites for hydroxylation is 1. The Hall–Kier alpha value is -2.56. The zero-order valence-electron chi connectivity index (χ0n) is 14.4. The monoisotopic (exact) mass is 341 g/mol. The lowest BCUT2D eigenvalue weighted by atomic mass is 9.90. The lowest BCUT2D eigenvalue weighted by Gasteiger charge is -2.37. The minimum absolute atomic E-state index is 0.0269. The molecule has 25 heavy (non-hydrogen) atoms. The zero-order chi connectivity index (χ0) is 17.8. The number of carboxylic acids is 1. The number of hydrogen-bond donors (Lipinski definition) is 1. The van der Waals surface area contributed by atoms with Gasteiger partial charge in [0.25, 0.3) is 0 Å². The van der Waals surface area contributed by atoms with Crippen LogP contribution in [0.25, 0.3) is 0 Å². The van der Waals surface area contributed by atoms with Gasteiger partial charge in [-0.15, -0.1) is 0 Å². The number of aromatic carboxylic acids is 1.